The maximum atomic E-state index is 11.0. The van der Waals surface area contributed by atoms with E-state index in [1.807, 2.05) is 0 Å². The minimum Gasteiger partial charge on any atom is -0.489 e. The lowest BCUT2D eigenvalue weighted by atomic mass is 10.2. The summed E-state index contributed by atoms with van der Waals surface area (Å²) in [6.45, 7) is 0.205. The standard InChI is InChI=1S/C14H9Cl3O3/c15-9-2-1-8(13(17)5-9)7-20-10-3-4-12(16)11(6-10)14(18)19/h1-6H,7H2,(H,18,19). The van der Waals surface area contributed by atoms with Crippen molar-refractivity contribution in [1.82, 2.24) is 0 Å². The van der Waals surface area contributed by atoms with E-state index in [1.54, 1.807) is 24.3 Å². The van der Waals surface area contributed by atoms with Crippen LogP contribution in [0.1, 0.15) is 15.9 Å². The van der Waals surface area contributed by atoms with Gasteiger partial charge in [0.05, 0.1) is 10.6 Å². The molecule has 0 spiro atoms. The van der Waals surface area contributed by atoms with Gasteiger partial charge in [0.25, 0.3) is 0 Å². The molecule has 104 valence electrons. The molecule has 1 N–H and O–H groups in total. The number of hydrogen-bond donors (Lipinski definition) is 1. The van der Waals surface area contributed by atoms with Crippen LogP contribution in [0.25, 0.3) is 0 Å². The Kier molecular flexibility index (Phi) is 4.76. The van der Waals surface area contributed by atoms with Crippen molar-refractivity contribution in [3.8, 4) is 5.75 Å². The Balaban J connectivity index is 2.15. The summed E-state index contributed by atoms with van der Waals surface area (Å²) in [7, 11) is 0. The molecular weight excluding hydrogens is 323 g/mol. The van der Waals surface area contributed by atoms with Gasteiger partial charge in [0, 0.05) is 15.6 Å². The highest BCUT2D eigenvalue weighted by molar-refractivity contribution is 6.35. The molecule has 2 rings (SSSR count). The number of benzene rings is 2. The number of hydrogen-bond acceptors (Lipinski definition) is 2. The highest BCUT2D eigenvalue weighted by atomic mass is 35.5. The maximum Gasteiger partial charge on any atom is 0.337 e. The van der Waals surface area contributed by atoms with Crippen LogP contribution in [0.4, 0.5) is 0 Å². The second kappa shape index (κ2) is 6.35. The first-order chi connectivity index (χ1) is 9.47. The number of halogens is 3. The number of carbonyl (C=O) groups is 1. The summed E-state index contributed by atoms with van der Waals surface area (Å²) in [6, 6.07) is 9.51. The topological polar surface area (TPSA) is 46.5 Å². The first-order valence-electron chi connectivity index (χ1n) is 5.57. The minimum atomic E-state index is -1.11. The van der Waals surface area contributed by atoms with Crippen LogP contribution in [0.2, 0.25) is 15.1 Å². The number of ether oxygens (including phenoxy) is 1. The first-order valence-corrected chi connectivity index (χ1v) is 6.70. The van der Waals surface area contributed by atoms with Gasteiger partial charge in [-0.3, -0.25) is 0 Å². The molecule has 0 aromatic heterocycles. The summed E-state index contributed by atoms with van der Waals surface area (Å²) >= 11 is 17.6. The van der Waals surface area contributed by atoms with Crippen LogP contribution in [-0.4, -0.2) is 11.1 Å². The number of carboxylic acid groups (broad SMARTS) is 1. The molecule has 0 atom stereocenters. The van der Waals surface area contributed by atoms with Gasteiger partial charge in [0.1, 0.15) is 12.4 Å². The summed E-state index contributed by atoms with van der Waals surface area (Å²) in [5.74, 6) is -0.706. The summed E-state index contributed by atoms with van der Waals surface area (Å²) in [5.41, 5.74) is 0.745. The molecule has 0 saturated heterocycles. The van der Waals surface area contributed by atoms with Gasteiger partial charge in [-0.2, -0.15) is 0 Å². The average Bonchev–Trinajstić information content (AvgIpc) is 2.39. The van der Waals surface area contributed by atoms with Crippen molar-refractivity contribution in [2.75, 3.05) is 0 Å². The van der Waals surface area contributed by atoms with Crippen molar-refractivity contribution in [3.05, 3.63) is 62.6 Å². The van der Waals surface area contributed by atoms with Crippen LogP contribution in [0.5, 0.6) is 5.75 Å². The van der Waals surface area contributed by atoms with E-state index >= 15 is 0 Å². The van der Waals surface area contributed by atoms with Crippen molar-refractivity contribution in [1.29, 1.82) is 0 Å². The molecule has 0 radical (unpaired) electrons. The monoisotopic (exact) mass is 330 g/mol. The molecule has 3 nitrogen and oxygen atoms in total. The van der Waals surface area contributed by atoms with Crippen molar-refractivity contribution < 1.29 is 14.6 Å². The molecule has 0 aliphatic rings. The van der Waals surface area contributed by atoms with Crippen molar-refractivity contribution in [2.45, 2.75) is 6.61 Å². The fourth-order valence-corrected chi connectivity index (χ4v) is 2.22. The van der Waals surface area contributed by atoms with Gasteiger partial charge in [0.2, 0.25) is 0 Å². The fourth-order valence-electron chi connectivity index (χ4n) is 1.56. The lowest BCUT2D eigenvalue weighted by Crippen LogP contribution is -2.00. The molecule has 6 heteroatoms. The Morgan fingerprint density at radius 3 is 2.45 bits per heavy atom. The Bertz CT molecular complexity index is 656. The summed E-state index contributed by atoms with van der Waals surface area (Å²) in [6.07, 6.45) is 0. The predicted molar refractivity (Wildman–Crippen MR) is 79.2 cm³/mol. The quantitative estimate of drug-likeness (QED) is 0.864. The lowest BCUT2D eigenvalue weighted by Gasteiger charge is -2.09. The largest absolute Gasteiger partial charge is 0.489 e. The Labute approximate surface area is 130 Å². The maximum absolute atomic E-state index is 11.0. The fraction of sp³-hybridized carbons (Fsp3) is 0.0714. The van der Waals surface area contributed by atoms with Crippen molar-refractivity contribution in [2.24, 2.45) is 0 Å². The molecule has 0 bridgehead atoms. The molecule has 0 unspecified atom stereocenters. The third-order valence-electron chi connectivity index (χ3n) is 2.58. The molecule has 2 aromatic rings. The zero-order chi connectivity index (χ0) is 14.7. The third-order valence-corrected chi connectivity index (χ3v) is 3.49. The van der Waals surface area contributed by atoms with Gasteiger partial charge in [-0.15, -0.1) is 0 Å². The number of carboxylic acids is 1. The Morgan fingerprint density at radius 1 is 1.05 bits per heavy atom. The molecule has 2 aromatic carbocycles. The van der Waals surface area contributed by atoms with Gasteiger partial charge in [-0.05, 0) is 30.3 Å². The number of rotatable bonds is 4. The molecule has 0 heterocycles. The van der Waals surface area contributed by atoms with Crippen LogP contribution in [0.3, 0.4) is 0 Å². The van der Waals surface area contributed by atoms with E-state index in [0.29, 0.717) is 15.8 Å². The summed E-state index contributed by atoms with van der Waals surface area (Å²) in [4.78, 5) is 11.0. The smallest absolute Gasteiger partial charge is 0.337 e. The van der Waals surface area contributed by atoms with Crippen LogP contribution >= 0.6 is 34.8 Å². The third kappa shape index (κ3) is 3.57. The van der Waals surface area contributed by atoms with Gasteiger partial charge in [-0.25, -0.2) is 4.79 Å². The highest BCUT2D eigenvalue weighted by Gasteiger charge is 2.10. The second-order valence-corrected chi connectivity index (χ2v) is 5.22. The zero-order valence-electron chi connectivity index (χ0n) is 10.1. The van der Waals surface area contributed by atoms with Crippen molar-refractivity contribution in [3.63, 3.8) is 0 Å². The first kappa shape index (κ1) is 15.0. The molecule has 0 amide bonds. The van der Waals surface area contributed by atoms with E-state index in [-0.39, 0.29) is 17.2 Å². The van der Waals surface area contributed by atoms with E-state index in [2.05, 4.69) is 0 Å². The normalized spacial score (nSPS) is 10.3. The minimum absolute atomic E-state index is 0.00799. The summed E-state index contributed by atoms with van der Waals surface area (Å²) in [5, 5.41) is 10.2. The van der Waals surface area contributed by atoms with Gasteiger partial charge in [-0.1, -0.05) is 40.9 Å². The van der Waals surface area contributed by atoms with Crippen molar-refractivity contribution >= 4 is 40.8 Å². The molecule has 0 aliphatic carbocycles. The van der Waals surface area contributed by atoms with Crippen LogP contribution < -0.4 is 4.74 Å². The molecular formula is C14H9Cl3O3. The van der Waals surface area contributed by atoms with E-state index < -0.39 is 5.97 Å². The van der Waals surface area contributed by atoms with Gasteiger partial charge >= 0.3 is 5.97 Å². The van der Waals surface area contributed by atoms with E-state index in [1.165, 1.54) is 12.1 Å². The molecule has 0 aliphatic heterocycles. The molecule has 0 saturated carbocycles. The van der Waals surface area contributed by atoms with Gasteiger partial charge in [0.15, 0.2) is 0 Å². The van der Waals surface area contributed by atoms with Crippen LogP contribution in [-0.2, 0) is 6.61 Å². The summed E-state index contributed by atoms with van der Waals surface area (Å²) < 4.78 is 5.51. The van der Waals surface area contributed by atoms with Crippen LogP contribution in [0, 0.1) is 0 Å². The predicted octanol–water partition coefficient (Wildman–Crippen LogP) is 4.92. The highest BCUT2D eigenvalue weighted by Crippen LogP contribution is 2.25. The average molecular weight is 332 g/mol. The number of aromatic carboxylic acids is 1. The van der Waals surface area contributed by atoms with Crippen LogP contribution in [0.15, 0.2) is 36.4 Å². The van der Waals surface area contributed by atoms with E-state index in [0.717, 1.165) is 5.56 Å². The molecule has 0 fully saturated rings. The Morgan fingerprint density at radius 2 is 1.80 bits per heavy atom. The molecule has 20 heavy (non-hydrogen) atoms. The van der Waals surface area contributed by atoms with E-state index in [9.17, 15) is 4.79 Å². The van der Waals surface area contributed by atoms with Gasteiger partial charge < -0.3 is 9.84 Å². The second-order valence-electron chi connectivity index (χ2n) is 3.97. The zero-order valence-corrected chi connectivity index (χ0v) is 12.3. The SMILES string of the molecule is O=C(O)c1cc(OCc2ccc(Cl)cc2Cl)ccc1Cl. The Hall–Kier alpha value is -1.42. The van der Waals surface area contributed by atoms with E-state index in [4.69, 9.17) is 44.6 Å². The lowest BCUT2D eigenvalue weighted by molar-refractivity contribution is 0.0696.